The summed E-state index contributed by atoms with van der Waals surface area (Å²) in [6, 6.07) is 5.01. The fourth-order valence-corrected chi connectivity index (χ4v) is 3.09. The van der Waals surface area contributed by atoms with Crippen LogP contribution in [0.1, 0.15) is 40.1 Å². The zero-order valence-electron chi connectivity index (χ0n) is 15.9. The van der Waals surface area contributed by atoms with E-state index in [-0.39, 0.29) is 14.7 Å². The van der Waals surface area contributed by atoms with Crippen molar-refractivity contribution in [1.29, 1.82) is 0 Å². The summed E-state index contributed by atoms with van der Waals surface area (Å²) in [6.07, 6.45) is -8.73. The first kappa shape index (κ1) is 23.9. The molecule has 0 aliphatic rings. The number of carbonyl (C=O) groups is 1. The van der Waals surface area contributed by atoms with Gasteiger partial charge in [0.1, 0.15) is 0 Å². The lowest BCUT2D eigenvalue weighted by molar-refractivity contribution is -0.143. The third kappa shape index (κ3) is 4.99. The maximum absolute atomic E-state index is 13.7. The topological polar surface area (TPSA) is 59.8 Å². The Balaban J connectivity index is 1.94. The van der Waals surface area contributed by atoms with Crippen molar-refractivity contribution in [2.24, 2.45) is 0 Å². The molecule has 0 aliphatic heterocycles. The number of hydrogen-bond donors (Lipinski definition) is 1. The average molecular weight is 497 g/mol. The molecule has 5 nitrogen and oxygen atoms in total. The van der Waals surface area contributed by atoms with Crippen molar-refractivity contribution < 1.29 is 31.1 Å². The largest absolute Gasteiger partial charge is 0.434 e. The molecule has 1 amide bonds. The molecule has 1 N–H and O–H groups in total. The Kier molecular flexibility index (Phi) is 6.43. The number of hydrogen-bond acceptors (Lipinski definition) is 3. The summed E-state index contributed by atoms with van der Waals surface area (Å²) in [5, 5.41) is 6.39. The number of halogens is 8. The van der Waals surface area contributed by atoms with Gasteiger partial charge in [-0.2, -0.15) is 31.4 Å². The highest BCUT2D eigenvalue weighted by atomic mass is 35.5. The molecule has 1 aromatic carbocycles. The van der Waals surface area contributed by atoms with Gasteiger partial charge in [-0.3, -0.25) is 4.79 Å². The first-order valence-corrected chi connectivity index (χ1v) is 9.49. The van der Waals surface area contributed by atoms with Gasteiger partial charge in [-0.05, 0) is 36.8 Å². The molecule has 3 rings (SSSR count). The maximum atomic E-state index is 13.7. The summed E-state index contributed by atoms with van der Waals surface area (Å²) < 4.78 is 79.6. The highest BCUT2D eigenvalue weighted by molar-refractivity contribution is 6.42. The molecule has 170 valence electrons. The van der Waals surface area contributed by atoms with Crippen LogP contribution in [0.25, 0.3) is 5.82 Å². The number of carbonyl (C=O) groups excluding carboxylic acids is 1. The molecule has 0 aliphatic carbocycles. The maximum Gasteiger partial charge on any atom is 0.434 e. The van der Waals surface area contributed by atoms with E-state index >= 15 is 0 Å². The third-order valence-electron chi connectivity index (χ3n) is 4.37. The van der Waals surface area contributed by atoms with Crippen molar-refractivity contribution in [2.45, 2.75) is 25.3 Å². The number of aromatic nitrogens is 3. The van der Waals surface area contributed by atoms with Gasteiger partial charge in [0, 0.05) is 6.20 Å². The van der Waals surface area contributed by atoms with E-state index in [2.05, 4.69) is 15.4 Å². The van der Waals surface area contributed by atoms with Gasteiger partial charge in [-0.25, -0.2) is 9.67 Å². The van der Waals surface area contributed by atoms with E-state index in [9.17, 15) is 31.1 Å². The molecule has 0 fully saturated rings. The van der Waals surface area contributed by atoms with E-state index in [1.165, 1.54) is 19.1 Å². The number of benzene rings is 1. The summed E-state index contributed by atoms with van der Waals surface area (Å²) >= 11 is 11.8. The van der Waals surface area contributed by atoms with E-state index in [0.717, 1.165) is 6.07 Å². The van der Waals surface area contributed by atoms with E-state index in [0.29, 0.717) is 24.0 Å². The Hall–Kier alpha value is -2.79. The molecular formula is C19H12Cl2F6N4O. The van der Waals surface area contributed by atoms with Crippen LogP contribution in [0, 0.1) is 0 Å². The lowest BCUT2D eigenvalue weighted by Crippen LogP contribution is -2.29. The van der Waals surface area contributed by atoms with Gasteiger partial charge in [0.05, 0.1) is 33.4 Å². The molecule has 32 heavy (non-hydrogen) atoms. The zero-order chi connectivity index (χ0) is 23.8. The van der Waals surface area contributed by atoms with E-state index in [1.54, 1.807) is 6.07 Å². The van der Waals surface area contributed by atoms with Crippen LogP contribution in [0.5, 0.6) is 0 Å². The van der Waals surface area contributed by atoms with Crippen LogP contribution < -0.4 is 5.32 Å². The minimum atomic E-state index is -5.06. The summed E-state index contributed by atoms with van der Waals surface area (Å²) in [7, 11) is 0. The second-order valence-corrected chi connectivity index (χ2v) is 7.40. The quantitative estimate of drug-likeness (QED) is 0.443. The number of nitrogens with zero attached hydrogens (tertiary/aromatic N) is 3. The molecule has 2 heterocycles. The Morgan fingerprint density at radius 2 is 1.69 bits per heavy atom. The standard InChI is InChI=1S/C19H12Cl2F6N4O/c1-9(10-2-4-13(20)14(21)6-10)30-17(32)12-8-29-31(16(12)19(25,26)27)15-5-3-11(7-28-15)18(22,23)24/h2-9H,1H3,(H,30,32). The van der Waals surface area contributed by atoms with Gasteiger partial charge in [0.2, 0.25) is 0 Å². The Labute approximate surface area is 187 Å². The van der Waals surface area contributed by atoms with Gasteiger partial charge in [-0.1, -0.05) is 29.3 Å². The van der Waals surface area contributed by atoms with Gasteiger partial charge in [0.15, 0.2) is 11.5 Å². The molecule has 3 aromatic rings. The SMILES string of the molecule is CC(NC(=O)c1cnn(-c2ccc(C(F)(F)F)cn2)c1C(F)(F)F)c1ccc(Cl)c(Cl)c1. The Bertz CT molecular complexity index is 1140. The van der Waals surface area contributed by atoms with Crippen LogP contribution in [0.4, 0.5) is 26.3 Å². The fourth-order valence-electron chi connectivity index (χ4n) is 2.78. The summed E-state index contributed by atoms with van der Waals surface area (Å²) in [5.74, 6) is -1.64. The molecular weight excluding hydrogens is 485 g/mol. The van der Waals surface area contributed by atoms with Crippen LogP contribution in [-0.4, -0.2) is 20.7 Å². The minimum Gasteiger partial charge on any atom is -0.345 e. The van der Waals surface area contributed by atoms with Gasteiger partial charge < -0.3 is 5.32 Å². The second kappa shape index (κ2) is 8.62. The highest BCUT2D eigenvalue weighted by Gasteiger charge is 2.41. The molecule has 0 bridgehead atoms. The van der Waals surface area contributed by atoms with Crippen molar-refractivity contribution in [2.75, 3.05) is 0 Å². The van der Waals surface area contributed by atoms with Crippen LogP contribution in [0.15, 0.2) is 42.7 Å². The smallest absolute Gasteiger partial charge is 0.345 e. The monoisotopic (exact) mass is 496 g/mol. The van der Waals surface area contributed by atoms with Crippen molar-refractivity contribution in [3.63, 3.8) is 0 Å². The molecule has 1 unspecified atom stereocenters. The van der Waals surface area contributed by atoms with Crippen molar-refractivity contribution in [1.82, 2.24) is 20.1 Å². The molecule has 0 radical (unpaired) electrons. The number of rotatable bonds is 4. The first-order chi connectivity index (χ1) is 14.8. The first-order valence-electron chi connectivity index (χ1n) is 8.73. The molecule has 0 saturated carbocycles. The lowest BCUT2D eigenvalue weighted by atomic mass is 10.1. The van der Waals surface area contributed by atoms with Crippen molar-refractivity contribution >= 4 is 29.1 Å². The average Bonchev–Trinajstić information content (AvgIpc) is 3.15. The van der Waals surface area contributed by atoms with E-state index in [1.807, 2.05) is 0 Å². The Morgan fingerprint density at radius 3 is 2.22 bits per heavy atom. The van der Waals surface area contributed by atoms with Crippen LogP contribution in [0.3, 0.4) is 0 Å². The van der Waals surface area contributed by atoms with Gasteiger partial charge in [-0.15, -0.1) is 0 Å². The highest BCUT2D eigenvalue weighted by Crippen LogP contribution is 2.34. The van der Waals surface area contributed by atoms with Crippen LogP contribution in [0.2, 0.25) is 10.0 Å². The minimum absolute atomic E-state index is 0.197. The zero-order valence-corrected chi connectivity index (χ0v) is 17.4. The normalized spacial score (nSPS) is 13.2. The van der Waals surface area contributed by atoms with Crippen LogP contribution in [-0.2, 0) is 12.4 Å². The van der Waals surface area contributed by atoms with E-state index < -0.39 is 46.9 Å². The number of pyridine rings is 1. The number of nitrogens with one attached hydrogen (secondary N) is 1. The molecule has 13 heteroatoms. The Morgan fingerprint density at radius 1 is 1.00 bits per heavy atom. The second-order valence-electron chi connectivity index (χ2n) is 6.59. The molecule has 0 saturated heterocycles. The van der Waals surface area contributed by atoms with Gasteiger partial charge in [0.25, 0.3) is 5.91 Å². The van der Waals surface area contributed by atoms with Crippen LogP contribution >= 0.6 is 23.2 Å². The lowest BCUT2D eigenvalue weighted by Gasteiger charge is -2.16. The summed E-state index contributed by atoms with van der Waals surface area (Å²) in [6.45, 7) is 1.52. The predicted octanol–water partition coefficient (Wildman–Crippen LogP) is 6.10. The summed E-state index contributed by atoms with van der Waals surface area (Å²) in [5.41, 5.74) is -2.97. The van der Waals surface area contributed by atoms with Gasteiger partial charge >= 0.3 is 12.4 Å². The fraction of sp³-hybridized carbons (Fsp3) is 0.211. The molecule has 2 aromatic heterocycles. The number of alkyl halides is 6. The van der Waals surface area contributed by atoms with E-state index in [4.69, 9.17) is 23.2 Å². The predicted molar refractivity (Wildman–Crippen MR) is 104 cm³/mol. The molecule has 1 atom stereocenters. The summed E-state index contributed by atoms with van der Waals surface area (Å²) in [4.78, 5) is 16.0. The molecule has 0 spiro atoms. The van der Waals surface area contributed by atoms with Crippen molar-refractivity contribution in [3.05, 3.63) is 75.2 Å². The van der Waals surface area contributed by atoms with Crippen molar-refractivity contribution in [3.8, 4) is 5.82 Å². The number of amides is 1. The third-order valence-corrected chi connectivity index (χ3v) is 5.10.